The van der Waals surface area contributed by atoms with Gasteiger partial charge in [0.05, 0.1) is 34.6 Å². The molecule has 4 N–H and O–H groups in total. The zero-order valence-electron chi connectivity index (χ0n) is 20.5. The van der Waals surface area contributed by atoms with Gasteiger partial charge in [0.15, 0.2) is 11.5 Å². The van der Waals surface area contributed by atoms with Crippen molar-refractivity contribution in [2.24, 2.45) is 12.8 Å². The number of imidazole rings is 1. The van der Waals surface area contributed by atoms with Gasteiger partial charge in [-0.1, -0.05) is 23.8 Å². The Balaban J connectivity index is 0.00000400. The molecule has 0 unspecified atom stereocenters. The van der Waals surface area contributed by atoms with Crippen LogP contribution in [0.3, 0.4) is 0 Å². The number of halogens is 5. The molecule has 1 fully saturated rings. The zero-order valence-corrected chi connectivity index (χ0v) is 22.0. The smallest absolute Gasteiger partial charge is 0.349 e. The molecular weight excluding hydrogens is 546 g/mol. The van der Waals surface area contributed by atoms with E-state index < -0.39 is 17.8 Å². The standard InChI is InChI=1S/C24H25ClF3N7O2.ClH/c1-12(2)10-35-11-17(20(33-35)24(26,27)28)19-9-30-21(34(19)3)23(37)31-14-4-5-16(18(25)8-14)22(36)32-15-6-13(29)7-15;/h4-5,8-9,11,13,15H,1,6-7,10,29H2,2-3H3,(H,31,37)(H,32,36);1H/t13-,15+;. The lowest BCUT2D eigenvalue weighted by atomic mass is 9.87. The van der Waals surface area contributed by atoms with Gasteiger partial charge in [-0.3, -0.25) is 14.3 Å². The molecule has 0 radical (unpaired) electrons. The van der Waals surface area contributed by atoms with Crippen molar-refractivity contribution >= 4 is 41.5 Å². The predicted octanol–water partition coefficient (Wildman–Crippen LogP) is 4.43. The number of carbonyl (C=O) groups excluding carboxylic acids is 2. The molecule has 0 aliphatic heterocycles. The minimum absolute atomic E-state index is 0. The van der Waals surface area contributed by atoms with Crippen molar-refractivity contribution < 1.29 is 22.8 Å². The van der Waals surface area contributed by atoms with Gasteiger partial charge in [0.25, 0.3) is 11.8 Å². The first-order valence-electron chi connectivity index (χ1n) is 11.3. The SMILES string of the molecule is C=C(C)Cn1cc(-c2cnc(C(=O)Nc3ccc(C(=O)N[C@H]4C[C@@H](N)C4)c(Cl)c3)n2C)c(C(F)(F)F)n1.Cl. The Bertz CT molecular complexity index is 1380. The summed E-state index contributed by atoms with van der Waals surface area (Å²) in [6.45, 7) is 5.49. The van der Waals surface area contributed by atoms with E-state index in [1.807, 2.05) is 0 Å². The minimum Gasteiger partial charge on any atom is -0.349 e. The first-order chi connectivity index (χ1) is 17.3. The summed E-state index contributed by atoms with van der Waals surface area (Å²) in [4.78, 5) is 29.4. The van der Waals surface area contributed by atoms with Crippen LogP contribution < -0.4 is 16.4 Å². The van der Waals surface area contributed by atoms with E-state index in [1.54, 1.807) is 6.92 Å². The molecule has 1 saturated carbocycles. The van der Waals surface area contributed by atoms with E-state index in [4.69, 9.17) is 17.3 Å². The van der Waals surface area contributed by atoms with Gasteiger partial charge in [-0.15, -0.1) is 12.4 Å². The number of nitrogens with two attached hydrogens (primary N) is 1. The number of hydrogen-bond donors (Lipinski definition) is 3. The van der Waals surface area contributed by atoms with Crippen LogP contribution in [0.5, 0.6) is 0 Å². The van der Waals surface area contributed by atoms with Gasteiger partial charge in [0.2, 0.25) is 0 Å². The Hall–Kier alpha value is -3.35. The van der Waals surface area contributed by atoms with Gasteiger partial charge < -0.3 is 20.9 Å². The summed E-state index contributed by atoms with van der Waals surface area (Å²) in [7, 11) is 1.43. The fourth-order valence-corrected chi connectivity index (χ4v) is 4.32. The highest BCUT2D eigenvalue weighted by molar-refractivity contribution is 6.34. The molecule has 0 bridgehead atoms. The molecule has 38 heavy (non-hydrogen) atoms. The van der Waals surface area contributed by atoms with Crippen molar-refractivity contribution in [1.29, 1.82) is 0 Å². The van der Waals surface area contributed by atoms with Crippen molar-refractivity contribution in [3.63, 3.8) is 0 Å². The number of nitrogens with one attached hydrogen (secondary N) is 2. The Morgan fingerprint density at radius 1 is 1.26 bits per heavy atom. The third-order valence-corrected chi connectivity index (χ3v) is 6.22. The van der Waals surface area contributed by atoms with E-state index in [1.165, 1.54) is 42.2 Å². The number of allylic oxidation sites excluding steroid dienone is 1. The number of hydrogen-bond acceptors (Lipinski definition) is 5. The molecule has 4 rings (SSSR count). The van der Waals surface area contributed by atoms with E-state index >= 15 is 0 Å². The number of anilines is 1. The maximum Gasteiger partial charge on any atom is 0.435 e. The van der Waals surface area contributed by atoms with E-state index in [2.05, 4.69) is 27.3 Å². The first-order valence-corrected chi connectivity index (χ1v) is 11.7. The summed E-state index contributed by atoms with van der Waals surface area (Å²) in [6.07, 6.45) is -0.890. The number of amides is 2. The molecule has 1 aromatic carbocycles. The largest absolute Gasteiger partial charge is 0.435 e. The third kappa shape index (κ3) is 6.20. The summed E-state index contributed by atoms with van der Waals surface area (Å²) in [5, 5.41) is 9.24. The molecule has 2 aromatic heterocycles. The molecule has 0 spiro atoms. The topological polar surface area (TPSA) is 120 Å². The lowest BCUT2D eigenvalue weighted by molar-refractivity contribution is -0.141. The molecule has 14 heteroatoms. The molecule has 1 aliphatic rings. The maximum atomic E-state index is 13.7. The third-order valence-electron chi connectivity index (χ3n) is 5.91. The van der Waals surface area contributed by atoms with Crippen LogP contribution in [0.25, 0.3) is 11.3 Å². The predicted molar refractivity (Wildman–Crippen MR) is 139 cm³/mol. The second-order valence-electron chi connectivity index (χ2n) is 9.12. The average Bonchev–Trinajstić information content (AvgIpc) is 3.35. The summed E-state index contributed by atoms with van der Waals surface area (Å²) in [5.74, 6) is -1.15. The van der Waals surface area contributed by atoms with Crippen molar-refractivity contribution in [3.8, 4) is 11.3 Å². The van der Waals surface area contributed by atoms with Crippen LogP contribution in [0.15, 0.2) is 42.7 Å². The number of aromatic nitrogens is 4. The first kappa shape index (κ1) is 29.2. The summed E-state index contributed by atoms with van der Waals surface area (Å²) >= 11 is 6.26. The highest BCUT2D eigenvalue weighted by Gasteiger charge is 2.38. The van der Waals surface area contributed by atoms with Crippen LogP contribution in [-0.4, -0.2) is 43.2 Å². The Morgan fingerprint density at radius 2 is 1.95 bits per heavy atom. The molecule has 2 heterocycles. The van der Waals surface area contributed by atoms with Crippen LogP contribution in [0, 0.1) is 0 Å². The molecular formula is C24H26Cl2F3N7O2. The van der Waals surface area contributed by atoms with Crippen LogP contribution in [-0.2, 0) is 19.8 Å². The van der Waals surface area contributed by atoms with Crippen LogP contribution >= 0.6 is 24.0 Å². The Kier molecular flexibility index (Phi) is 8.59. The van der Waals surface area contributed by atoms with Gasteiger partial charge >= 0.3 is 6.18 Å². The van der Waals surface area contributed by atoms with Crippen molar-refractivity contribution in [1.82, 2.24) is 24.6 Å². The summed E-state index contributed by atoms with van der Waals surface area (Å²) < 4.78 is 43.4. The molecule has 0 saturated heterocycles. The Labute approximate surface area is 227 Å². The van der Waals surface area contributed by atoms with Gasteiger partial charge in [-0.25, -0.2) is 4.98 Å². The van der Waals surface area contributed by atoms with Crippen molar-refractivity contribution in [2.45, 2.75) is 44.6 Å². The highest BCUT2D eigenvalue weighted by Crippen LogP contribution is 2.36. The average molecular weight is 572 g/mol. The van der Waals surface area contributed by atoms with E-state index in [-0.39, 0.29) is 70.3 Å². The number of alkyl halides is 3. The Morgan fingerprint density at radius 3 is 2.53 bits per heavy atom. The van der Waals surface area contributed by atoms with E-state index in [0.717, 1.165) is 4.68 Å². The molecule has 1 aliphatic carbocycles. The molecule has 204 valence electrons. The second-order valence-corrected chi connectivity index (χ2v) is 9.53. The lowest BCUT2D eigenvalue weighted by Crippen LogP contribution is -2.50. The highest BCUT2D eigenvalue weighted by atomic mass is 35.5. The van der Waals surface area contributed by atoms with Crippen LogP contribution in [0.1, 0.15) is 46.4 Å². The second kappa shape index (κ2) is 11.2. The molecule has 2 amide bonds. The van der Waals surface area contributed by atoms with Gasteiger partial charge in [-0.05, 0) is 38.0 Å². The van der Waals surface area contributed by atoms with Crippen molar-refractivity contribution in [2.75, 3.05) is 5.32 Å². The molecule has 9 nitrogen and oxygen atoms in total. The van der Waals surface area contributed by atoms with Gasteiger partial charge in [0, 0.05) is 31.0 Å². The number of rotatable bonds is 7. The summed E-state index contributed by atoms with van der Waals surface area (Å²) in [5.41, 5.74) is 5.65. The van der Waals surface area contributed by atoms with Gasteiger partial charge in [0.1, 0.15) is 0 Å². The van der Waals surface area contributed by atoms with Crippen molar-refractivity contribution in [3.05, 3.63) is 64.8 Å². The fraction of sp³-hybridized carbons (Fsp3) is 0.333. The lowest BCUT2D eigenvalue weighted by Gasteiger charge is -2.33. The van der Waals surface area contributed by atoms with Gasteiger partial charge in [-0.2, -0.15) is 18.3 Å². The van der Waals surface area contributed by atoms with E-state index in [9.17, 15) is 22.8 Å². The summed E-state index contributed by atoms with van der Waals surface area (Å²) in [6, 6.07) is 4.47. The van der Waals surface area contributed by atoms with E-state index in [0.29, 0.717) is 18.4 Å². The normalized spacial score (nSPS) is 16.8. The van der Waals surface area contributed by atoms with Crippen LogP contribution in [0.4, 0.5) is 18.9 Å². The number of nitrogens with zero attached hydrogens (tertiary/aromatic N) is 4. The minimum atomic E-state index is -4.71. The monoisotopic (exact) mass is 571 g/mol. The fourth-order valence-electron chi connectivity index (χ4n) is 4.05. The number of benzene rings is 1. The maximum absolute atomic E-state index is 13.7. The molecule has 3 aromatic rings. The molecule has 0 atom stereocenters. The quantitative estimate of drug-likeness (QED) is 0.362. The van der Waals surface area contributed by atoms with Crippen LogP contribution in [0.2, 0.25) is 5.02 Å². The zero-order chi connectivity index (χ0) is 27.1. The number of carbonyl (C=O) groups is 2.